The van der Waals surface area contributed by atoms with Crippen molar-refractivity contribution in [2.24, 2.45) is 4.99 Å². The van der Waals surface area contributed by atoms with Crippen LogP contribution in [0.5, 0.6) is 5.88 Å². The van der Waals surface area contributed by atoms with E-state index in [4.69, 9.17) is 0 Å². The third kappa shape index (κ3) is 2.66. The van der Waals surface area contributed by atoms with Crippen molar-refractivity contribution >= 4 is 38.7 Å². The smallest absolute Gasteiger partial charge is 0.198 e. The molecule has 1 aromatic heterocycles. The molecule has 4 heteroatoms. The van der Waals surface area contributed by atoms with Crippen LogP contribution in [0, 0.1) is 6.92 Å². The predicted octanol–water partition coefficient (Wildman–Crippen LogP) is 5.26. The first-order valence-corrected chi connectivity index (χ1v) is 8.02. The van der Waals surface area contributed by atoms with E-state index in [0.29, 0.717) is 5.56 Å². The minimum absolute atomic E-state index is 0.142. The van der Waals surface area contributed by atoms with Gasteiger partial charge < -0.3 is 10.1 Å². The molecular formula is C18H17BrN2O. The standard InChI is InChI=1S/C18H17BrN2O/c1-3-12-6-4-5-11(2)17(12)20-10-15-14-9-13(19)7-8-16(14)21-18(15)22/h4-10,21-22H,3H2,1-2H3. The highest BCUT2D eigenvalue weighted by molar-refractivity contribution is 9.10. The van der Waals surface area contributed by atoms with Crippen molar-refractivity contribution in [3.8, 4) is 5.88 Å². The molecule has 0 fully saturated rings. The molecule has 0 atom stereocenters. The van der Waals surface area contributed by atoms with Crippen LogP contribution in [-0.2, 0) is 6.42 Å². The number of aryl methyl sites for hydroxylation is 2. The van der Waals surface area contributed by atoms with Gasteiger partial charge in [0.1, 0.15) is 0 Å². The number of halogens is 1. The van der Waals surface area contributed by atoms with Gasteiger partial charge in [-0.3, -0.25) is 4.99 Å². The molecule has 0 unspecified atom stereocenters. The molecule has 112 valence electrons. The number of H-pyrrole nitrogens is 1. The van der Waals surface area contributed by atoms with Crippen molar-refractivity contribution < 1.29 is 5.11 Å². The number of hydrogen-bond acceptors (Lipinski definition) is 2. The Hall–Kier alpha value is -2.07. The Balaban J connectivity index is 2.11. The molecule has 0 saturated heterocycles. The van der Waals surface area contributed by atoms with Crippen LogP contribution in [-0.4, -0.2) is 16.3 Å². The van der Waals surface area contributed by atoms with E-state index < -0.39 is 0 Å². The maximum absolute atomic E-state index is 10.1. The summed E-state index contributed by atoms with van der Waals surface area (Å²) in [4.78, 5) is 7.62. The predicted molar refractivity (Wildman–Crippen MR) is 95.5 cm³/mol. The van der Waals surface area contributed by atoms with Crippen LogP contribution in [0.15, 0.2) is 45.9 Å². The summed E-state index contributed by atoms with van der Waals surface area (Å²) in [6.45, 7) is 4.17. The Bertz CT molecular complexity index is 865. The molecule has 2 N–H and O–H groups in total. The Morgan fingerprint density at radius 2 is 2.09 bits per heavy atom. The maximum Gasteiger partial charge on any atom is 0.198 e. The highest BCUT2D eigenvalue weighted by Crippen LogP contribution is 2.30. The second-order valence-electron chi connectivity index (χ2n) is 5.27. The first-order valence-electron chi connectivity index (χ1n) is 7.23. The fourth-order valence-corrected chi connectivity index (χ4v) is 2.98. The molecule has 0 amide bonds. The van der Waals surface area contributed by atoms with Gasteiger partial charge in [0.25, 0.3) is 0 Å². The fourth-order valence-electron chi connectivity index (χ4n) is 2.62. The summed E-state index contributed by atoms with van der Waals surface area (Å²) in [6.07, 6.45) is 2.67. The number of hydrogen-bond donors (Lipinski definition) is 2. The number of benzene rings is 2. The average Bonchev–Trinajstić information content (AvgIpc) is 2.81. The van der Waals surface area contributed by atoms with E-state index in [1.165, 1.54) is 5.56 Å². The van der Waals surface area contributed by atoms with Gasteiger partial charge in [0, 0.05) is 21.6 Å². The lowest BCUT2D eigenvalue weighted by molar-refractivity contribution is 0.457. The summed E-state index contributed by atoms with van der Waals surface area (Å²) >= 11 is 3.47. The number of aliphatic imine (C=N–C) groups is 1. The zero-order chi connectivity index (χ0) is 15.7. The summed E-state index contributed by atoms with van der Waals surface area (Å²) in [5.74, 6) is 0.142. The molecule has 0 radical (unpaired) electrons. The largest absolute Gasteiger partial charge is 0.494 e. The van der Waals surface area contributed by atoms with E-state index in [0.717, 1.165) is 33.0 Å². The van der Waals surface area contributed by atoms with Crippen molar-refractivity contribution in [1.82, 2.24) is 4.98 Å². The zero-order valence-electron chi connectivity index (χ0n) is 12.5. The average molecular weight is 357 g/mol. The number of para-hydroxylation sites is 1. The number of rotatable bonds is 3. The summed E-state index contributed by atoms with van der Waals surface area (Å²) in [7, 11) is 0. The quantitative estimate of drug-likeness (QED) is 0.618. The first-order chi connectivity index (χ1) is 10.6. The number of aromatic hydroxyl groups is 1. The van der Waals surface area contributed by atoms with Crippen LogP contribution in [0.3, 0.4) is 0 Å². The lowest BCUT2D eigenvalue weighted by Gasteiger charge is -2.05. The van der Waals surface area contributed by atoms with E-state index >= 15 is 0 Å². The lowest BCUT2D eigenvalue weighted by Crippen LogP contribution is -1.86. The molecule has 0 aliphatic heterocycles. The molecule has 0 spiro atoms. The van der Waals surface area contributed by atoms with Crippen molar-refractivity contribution in [3.63, 3.8) is 0 Å². The van der Waals surface area contributed by atoms with Gasteiger partial charge in [0.05, 0.1) is 11.3 Å². The number of nitrogens with one attached hydrogen (secondary N) is 1. The van der Waals surface area contributed by atoms with Crippen molar-refractivity contribution in [3.05, 3.63) is 57.6 Å². The van der Waals surface area contributed by atoms with Gasteiger partial charge in [-0.2, -0.15) is 0 Å². The highest BCUT2D eigenvalue weighted by atomic mass is 79.9. The highest BCUT2D eigenvalue weighted by Gasteiger charge is 2.10. The van der Waals surface area contributed by atoms with E-state index in [-0.39, 0.29) is 5.88 Å². The number of aromatic nitrogens is 1. The topological polar surface area (TPSA) is 48.4 Å². The van der Waals surface area contributed by atoms with E-state index in [9.17, 15) is 5.11 Å². The van der Waals surface area contributed by atoms with Crippen LogP contribution in [0.1, 0.15) is 23.6 Å². The molecule has 0 aliphatic rings. The fraction of sp³-hybridized carbons (Fsp3) is 0.167. The summed E-state index contributed by atoms with van der Waals surface area (Å²) in [5.41, 5.74) is 4.92. The maximum atomic E-state index is 10.1. The van der Waals surface area contributed by atoms with Crippen LogP contribution >= 0.6 is 15.9 Å². The van der Waals surface area contributed by atoms with Crippen molar-refractivity contribution in [2.75, 3.05) is 0 Å². The minimum Gasteiger partial charge on any atom is -0.494 e. The molecular weight excluding hydrogens is 340 g/mol. The Morgan fingerprint density at radius 3 is 2.86 bits per heavy atom. The molecule has 3 aromatic rings. The van der Waals surface area contributed by atoms with Gasteiger partial charge in [-0.05, 0) is 42.7 Å². The normalized spacial score (nSPS) is 11.6. The molecule has 3 rings (SSSR count). The number of aromatic amines is 1. The molecule has 0 saturated carbocycles. The van der Waals surface area contributed by atoms with Crippen molar-refractivity contribution in [2.45, 2.75) is 20.3 Å². The Kier molecular flexibility index (Phi) is 4.03. The molecule has 0 bridgehead atoms. The Labute approximate surface area is 137 Å². The van der Waals surface area contributed by atoms with Crippen molar-refractivity contribution in [1.29, 1.82) is 0 Å². The SMILES string of the molecule is CCc1cccc(C)c1N=Cc1c(O)[nH]c2ccc(Br)cc12. The summed E-state index contributed by atoms with van der Waals surface area (Å²) in [5, 5.41) is 11.1. The zero-order valence-corrected chi connectivity index (χ0v) is 14.1. The second kappa shape index (κ2) is 5.97. The third-order valence-electron chi connectivity index (χ3n) is 3.80. The molecule has 22 heavy (non-hydrogen) atoms. The Morgan fingerprint density at radius 1 is 1.27 bits per heavy atom. The van der Waals surface area contributed by atoms with Gasteiger partial charge in [0.15, 0.2) is 5.88 Å². The monoisotopic (exact) mass is 356 g/mol. The van der Waals surface area contributed by atoms with Gasteiger partial charge >= 0.3 is 0 Å². The number of nitrogens with zero attached hydrogens (tertiary/aromatic N) is 1. The molecule has 0 aliphatic carbocycles. The van der Waals surface area contributed by atoms with Gasteiger partial charge in [-0.25, -0.2) is 0 Å². The first kappa shape index (κ1) is 14.9. The number of fused-ring (bicyclic) bond motifs is 1. The second-order valence-corrected chi connectivity index (χ2v) is 6.19. The molecule has 2 aromatic carbocycles. The summed E-state index contributed by atoms with van der Waals surface area (Å²) in [6, 6.07) is 12.0. The van der Waals surface area contributed by atoms with Gasteiger partial charge in [-0.1, -0.05) is 41.1 Å². The van der Waals surface area contributed by atoms with E-state index in [2.05, 4.69) is 51.9 Å². The lowest BCUT2D eigenvalue weighted by atomic mass is 10.1. The van der Waals surface area contributed by atoms with Gasteiger partial charge in [0.2, 0.25) is 0 Å². The van der Waals surface area contributed by atoms with E-state index in [1.807, 2.05) is 24.3 Å². The summed E-state index contributed by atoms with van der Waals surface area (Å²) < 4.78 is 0.971. The third-order valence-corrected chi connectivity index (χ3v) is 4.30. The van der Waals surface area contributed by atoms with Crippen LogP contribution in [0.25, 0.3) is 10.9 Å². The minimum atomic E-state index is 0.142. The van der Waals surface area contributed by atoms with E-state index in [1.54, 1.807) is 6.21 Å². The van der Waals surface area contributed by atoms with Crippen LogP contribution < -0.4 is 0 Å². The van der Waals surface area contributed by atoms with Gasteiger partial charge in [-0.15, -0.1) is 0 Å². The van der Waals surface area contributed by atoms with Crippen LogP contribution in [0.4, 0.5) is 5.69 Å². The molecule has 1 heterocycles. The van der Waals surface area contributed by atoms with Crippen LogP contribution in [0.2, 0.25) is 0 Å². The molecule has 3 nitrogen and oxygen atoms in total.